The van der Waals surface area contributed by atoms with Gasteiger partial charge in [0.1, 0.15) is 0 Å². The molecule has 0 spiro atoms. The van der Waals surface area contributed by atoms with Crippen molar-refractivity contribution in [1.29, 1.82) is 0 Å². The average Bonchev–Trinajstić information content (AvgIpc) is 2.76. The van der Waals surface area contributed by atoms with Gasteiger partial charge in [0.15, 0.2) is 0 Å². The van der Waals surface area contributed by atoms with E-state index >= 15 is 0 Å². The second-order valence-corrected chi connectivity index (χ2v) is 5.75. The minimum atomic E-state index is -0.109. The van der Waals surface area contributed by atoms with E-state index in [1.165, 1.54) is 0 Å². The van der Waals surface area contributed by atoms with Crippen LogP contribution in [-0.4, -0.2) is 61.4 Å². The number of hydrogen-bond acceptors (Lipinski definition) is 3. The van der Waals surface area contributed by atoms with Crippen LogP contribution >= 0.6 is 0 Å². The lowest BCUT2D eigenvalue weighted by Gasteiger charge is -2.33. The third-order valence-corrected chi connectivity index (χ3v) is 4.30. The molecule has 19 heavy (non-hydrogen) atoms. The molecule has 1 unspecified atom stereocenters. The first-order valence-corrected chi connectivity index (χ1v) is 7.35. The molecule has 0 aromatic carbocycles. The first kappa shape index (κ1) is 14.3. The van der Waals surface area contributed by atoms with Gasteiger partial charge in [0.25, 0.3) is 0 Å². The minimum Gasteiger partial charge on any atom is -0.345 e. The van der Waals surface area contributed by atoms with Crippen LogP contribution in [0.5, 0.6) is 0 Å². The van der Waals surface area contributed by atoms with Crippen LogP contribution in [0.1, 0.15) is 26.2 Å². The second kappa shape index (κ2) is 6.37. The van der Waals surface area contributed by atoms with Crippen molar-refractivity contribution in [3.8, 4) is 0 Å². The summed E-state index contributed by atoms with van der Waals surface area (Å²) in [5.74, 6) is 0.861. The molecule has 0 radical (unpaired) electrons. The third-order valence-electron chi connectivity index (χ3n) is 4.30. The molecule has 0 aliphatic carbocycles. The Morgan fingerprint density at radius 2 is 2.05 bits per heavy atom. The van der Waals surface area contributed by atoms with Crippen molar-refractivity contribution >= 4 is 11.8 Å². The monoisotopic (exact) mass is 267 g/mol. The second-order valence-electron chi connectivity index (χ2n) is 5.75. The lowest BCUT2D eigenvalue weighted by Crippen LogP contribution is -2.43. The fourth-order valence-electron chi connectivity index (χ4n) is 2.99. The lowest BCUT2D eigenvalue weighted by atomic mass is 9.95. The van der Waals surface area contributed by atoms with E-state index in [0.29, 0.717) is 18.9 Å². The minimum absolute atomic E-state index is 0.0976. The van der Waals surface area contributed by atoms with E-state index in [4.69, 9.17) is 0 Å². The van der Waals surface area contributed by atoms with Gasteiger partial charge in [-0.3, -0.25) is 9.59 Å². The summed E-state index contributed by atoms with van der Waals surface area (Å²) in [4.78, 5) is 27.5. The van der Waals surface area contributed by atoms with Crippen molar-refractivity contribution in [2.45, 2.75) is 26.2 Å². The summed E-state index contributed by atoms with van der Waals surface area (Å²) >= 11 is 0. The molecule has 2 fully saturated rings. The van der Waals surface area contributed by atoms with E-state index in [-0.39, 0.29) is 17.7 Å². The predicted molar refractivity (Wildman–Crippen MR) is 73.6 cm³/mol. The zero-order valence-corrected chi connectivity index (χ0v) is 12.0. The first-order chi connectivity index (χ1) is 9.11. The molecule has 2 aliphatic heterocycles. The van der Waals surface area contributed by atoms with Crippen molar-refractivity contribution in [2.24, 2.45) is 11.8 Å². The highest BCUT2D eigenvalue weighted by atomic mass is 16.2. The Morgan fingerprint density at radius 3 is 2.58 bits per heavy atom. The number of nitrogens with one attached hydrogen (secondary N) is 1. The molecule has 2 saturated heterocycles. The summed E-state index contributed by atoms with van der Waals surface area (Å²) in [6.45, 7) is 6.48. The van der Waals surface area contributed by atoms with Gasteiger partial charge in [-0.05, 0) is 31.8 Å². The molecule has 0 saturated carbocycles. The summed E-state index contributed by atoms with van der Waals surface area (Å²) in [5.41, 5.74) is 0. The van der Waals surface area contributed by atoms with Gasteiger partial charge in [-0.25, -0.2) is 0 Å². The smallest absolute Gasteiger partial charge is 0.227 e. The summed E-state index contributed by atoms with van der Waals surface area (Å²) < 4.78 is 0. The number of amides is 2. The number of likely N-dealkylation sites (tertiary alicyclic amines) is 2. The van der Waals surface area contributed by atoms with Gasteiger partial charge in [-0.2, -0.15) is 0 Å². The molecule has 108 valence electrons. The molecule has 0 aromatic rings. The van der Waals surface area contributed by atoms with E-state index in [1.807, 2.05) is 4.90 Å². The van der Waals surface area contributed by atoms with E-state index < -0.39 is 0 Å². The maximum absolute atomic E-state index is 12.3. The molecule has 5 heteroatoms. The third kappa shape index (κ3) is 3.47. The Kier molecular flexibility index (Phi) is 4.80. The maximum Gasteiger partial charge on any atom is 0.227 e. The molecule has 1 N–H and O–H groups in total. The van der Waals surface area contributed by atoms with Crippen LogP contribution in [0.15, 0.2) is 0 Å². The summed E-state index contributed by atoms with van der Waals surface area (Å²) in [5, 5.41) is 3.37. The van der Waals surface area contributed by atoms with Gasteiger partial charge in [0, 0.05) is 33.1 Å². The number of piperidine rings is 1. The van der Waals surface area contributed by atoms with E-state index in [1.54, 1.807) is 11.9 Å². The van der Waals surface area contributed by atoms with E-state index in [9.17, 15) is 9.59 Å². The molecule has 2 rings (SSSR count). The first-order valence-electron chi connectivity index (χ1n) is 7.35. The quantitative estimate of drug-likeness (QED) is 0.798. The Bertz CT molecular complexity index is 338. The number of nitrogens with zero attached hydrogens (tertiary/aromatic N) is 2. The zero-order valence-electron chi connectivity index (χ0n) is 12.0. The molecular weight excluding hydrogens is 242 g/mol. The fraction of sp³-hybridized carbons (Fsp3) is 0.857. The standard InChI is InChI=1S/C14H25N3O2/c1-3-15-9-11-4-6-17(7-5-11)14(19)12-8-13(18)16(2)10-12/h11-12,15H,3-10H2,1-2H3. The van der Waals surface area contributed by atoms with Crippen molar-refractivity contribution in [3.05, 3.63) is 0 Å². The molecular formula is C14H25N3O2. The Labute approximate surface area is 115 Å². The number of hydrogen-bond donors (Lipinski definition) is 1. The summed E-state index contributed by atoms with van der Waals surface area (Å²) in [7, 11) is 1.78. The van der Waals surface area contributed by atoms with Gasteiger partial charge in [-0.1, -0.05) is 6.92 Å². The topological polar surface area (TPSA) is 52.7 Å². The predicted octanol–water partition coefficient (Wildman–Crippen LogP) is 0.313. The Morgan fingerprint density at radius 1 is 1.37 bits per heavy atom. The molecule has 1 atom stereocenters. The van der Waals surface area contributed by atoms with Crippen LogP contribution in [-0.2, 0) is 9.59 Å². The fourth-order valence-corrected chi connectivity index (χ4v) is 2.99. The molecule has 5 nitrogen and oxygen atoms in total. The van der Waals surface area contributed by atoms with Crippen molar-refractivity contribution in [2.75, 3.05) is 39.8 Å². The van der Waals surface area contributed by atoms with Gasteiger partial charge in [-0.15, -0.1) is 0 Å². The SMILES string of the molecule is CCNCC1CCN(C(=O)C2CC(=O)N(C)C2)CC1. The Hall–Kier alpha value is -1.10. The van der Waals surface area contributed by atoms with Gasteiger partial charge in [0.2, 0.25) is 11.8 Å². The number of carbonyl (C=O) groups excluding carboxylic acids is 2. The van der Waals surface area contributed by atoms with E-state index in [0.717, 1.165) is 39.0 Å². The van der Waals surface area contributed by atoms with Gasteiger partial charge in [0.05, 0.1) is 5.92 Å². The average molecular weight is 267 g/mol. The highest BCUT2D eigenvalue weighted by Crippen LogP contribution is 2.22. The van der Waals surface area contributed by atoms with Crippen LogP contribution in [0, 0.1) is 11.8 Å². The largest absolute Gasteiger partial charge is 0.345 e. The van der Waals surface area contributed by atoms with Crippen molar-refractivity contribution in [3.63, 3.8) is 0 Å². The van der Waals surface area contributed by atoms with E-state index in [2.05, 4.69) is 12.2 Å². The van der Waals surface area contributed by atoms with Crippen molar-refractivity contribution in [1.82, 2.24) is 15.1 Å². The van der Waals surface area contributed by atoms with Crippen LogP contribution < -0.4 is 5.32 Å². The number of carbonyl (C=O) groups is 2. The Balaban J connectivity index is 1.78. The van der Waals surface area contributed by atoms with Crippen LogP contribution in [0.25, 0.3) is 0 Å². The molecule has 2 aliphatic rings. The van der Waals surface area contributed by atoms with Crippen LogP contribution in [0.4, 0.5) is 0 Å². The normalized spacial score (nSPS) is 25.2. The van der Waals surface area contributed by atoms with Gasteiger partial charge < -0.3 is 15.1 Å². The number of rotatable bonds is 4. The molecule has 2 heterocycles. The van der Waals surface area contributed by atoms with Crippen LogP contribution in [0.3, 0.4) is 0 Å². The van der Waals surface area contributed by atoms with Crippen LogP contribution in [0.2, 0.25) is 0 Å². The molecule has 2 amide bonds. The van der Waals surface area contributed by atoms with Crippen molar-refractivity contribution < 1.29 is 9.59 Å². The highest BCUT2D eigenvalue weighted by molar-refractivity contribution is 5.89. The maximum atomic E-state index is 12.3. The summed E-state index contributed by atoms with van der Waals surface area (Å²) in [6.07, 6.45) is 2.55. The molecule has 0 aromatic heterocycles. The zero-order chi connectivity index (χ0) is 13.8. The molecule has 0 bridgehead atoms. The lowest BCUT2D eigenvalue weighted by molar-refractivity contribution is -0.137. The summed E-state index contributed by atoms with van der Waals surface area (Å²) in [6, 6.07) is 0. The van der Waals surface area contributed by atoms with Gasteiger partial charge >= 0.3 is 0 Å². The highest BCUT2D eigenvalue weighted by Gasteiger charge is 2.35.